The van der Waals surface area contributed by atoms with E-state index >= 15 is 0 Å². The van der Waals surface area contributed by atoms with Crippen molar-refractivity contribution in [3.63, 3.8) is 0 Å². The Morgan fingerprint density at radius 1 is 1.28 bits per heavy atom. The van der Waals surface area contributed by atoms with Crippen LogP contribution in [0.15, 0.2) is 46.6 Å². The average molecular weight is 422 g/mol. The number of ether oxygens (including phenoxy) is 2. The van der Waals surface area contributed by atoms with Crippen LogP contribution in [-0.4, -0.2) is 17.1 Å². The van der Waals surface area contributed by atoms with Crippen molar-refractivity contribution in [3.05, 3.63) is 63.3 Å². The lowest BCUT2D eigenvalue weighted by Crippen LogP contribution is -2.18. The van der Waals surface area contributed by atoms with Crippen molar-refractivity contribution in [3.8, 4) is 11.5 Å². The molecule has 0 amide bonds. The van der Waals surface area contributed by atoms with Crippen molar-refractivity contribution in [2.45, 2.75) is 19.2 Å². The summed E-state index contributed by atoms with van der Waals surface area (Å²) in [6.07, 6.45) is 1.68. The number of hydrogen-bond donors (Lipinski definition) is 0. The van der Waals surface area contributed by atoms with Gasteiger partial charge in [0.2, 0.25) is 5.78 Å². The Bertz CT molecular complexity index is 902. The summed E-state index contributed by atoms with van der Waals surface area (Å²) >= 11 is 9.17. The summed E-state index contributed by atoms with van der Waals surface area (Å²) in [7, 11) is 0. The van der Waals surface area contributed by atoms with Crippen LogP contribution in [0.25, 0.3) is 6.08 Å². The predicted octanol–water partition coefficient (Wildman–Crippen LogP) is 4.91. The highest BCUT2D eigenvalue weighted by Crippen LogP contribution is 2.39. The Morgan fingerprint density at radius 3 is 2.68 bits per heavy atom. The third-order valence-corrected chi connectivity index (χ3v) is 4.66. The van der Waals surface area contributed by atoms with E-state index in [0.29, 0.717) is 22.6 Å². The first-order valence-corrected chi connectivity index (χ1v) is 8.79. The maximum atomic E-state index is 12.6. The number of fused-ring (bicyclic) bond motifs is 1. The molecule has 0 aliphatic carbocycles. The van der Waals surface area contributed by atoms with Gasteiger partial charge in [-0.25, -0.2) is 0 Å². The minimum Gasteiger partial charge on any atom is -0.452 e. The number of Topliss-reactive ketones (excluding diaryl/α,β-unsaturated/α-hetero) is 1. The molecule has 0 saturated carbocycles. The molecule has 128 valence electrons. The smallest absolute Gasteiger partial charge is 0.329 e. The third-order valence-electron chi connectivity index (χ3n) is 3.76. The van der Waals surface area contributed by atoms with E-state index in [1.807, 2.05) is 24.3 Å². The van der Waals surface area contributed by atoms with Gasteiger partial charge >= 0.3 is 5.97 Å². The van der Waals surface area contributed by atoms with Gasteiger partial charge in [0.25, 0.3) is 0 Å². The number of benzene rings is 2. The molecule has 0 bridgehead atoms. The van der Waals surface area contributed by atoms with Crippen LogP contribution in [0, 0.1) is 6.92 Å². The van der Waals surface area contributed by atoms with Crippen molar-refractivity contribution in [1.29, 1.82) is 0 Å². The standard InChI is InChI=1S/C19H14BrClO4/c1-10-15(25-19(23)11(2)21)8-7-13-17(22)16(24-18(10)13)9-12-5-3-4-6-14(12)20/h3-9,11H,1-2H3/b16-9-. The molecule has 4 nitrogen and oxygen atoms in total. The van der Waals surface area contributed by atoms with Crippen LogP contribution in [0.5, 0.6) is 11.5 Å². The van der Waals surface area contributed by atoms with Crippen LogP contribution >= 0.6 is 27.5 Å². The Labute approximate surface area is 158 Å². The molecule has 1 heterocycles. The van der Waals surface area contributed by atoms with E-state index in [1.165, 1.54) is 6.92 Å². The van der Waals surface area contributed by atoms with Crippen molar-refractivity contribution in [2.24, 2.45) is 0 Å². The molecule has 2 aromatic rings. The number of carbonyl (C=O) groups excluding carboxylic acids is 2. The fraction of sp³-hybridized carbons (Fsp3) is 0.158. The van der Waals surface area contributed by atoms with Gasteiger partial charge in [-0.05, 0) is 43.7 Å². The van der Waals surface area contributed by atoms with E-state index in [2.05, 4.69) is 15.9 Å². The maximum Gasteiger partial charge on any atom is 0.329 e. The molecule has 0 aromatic heterocycles. The molecule has 0 spiro atoms. The highest BCUT2D eigenvalue weighted by atomic mass is 79.9. The molecular weight excluding hydrogens is 408 g/mol. The molecule has 25 heavy (non-hydrogen) atoms. The van der Waals surface area contributed by atoms with Crippen molar-refractivity contribution in [1.82, 2.24) is 0 Å². The minimum absolute atomic E-state index is 0.211. The summed E-state index contributed by atoms with van der Waals surface area (Å²) < 4.78 is 11.9. The topological polar surface area (TPSA) is 52.6 Å². The highest BCUT2D eigenvalue weighted by Gasteiger charge is 2.30. The zero-order valence-electron chi connectivity index (χ0n) is 13.5. The second kappa shape index (κ2) is 7.02. The normalized spacial score (nSPS) is 15.7. The molecule has 1 aliphatic heterocycles. The number of halogens is 2. The van der Waals surface area contributed by atoms with Crippen molar-refractivity contribution in [2.75, 3.05) is 0 Å². The Kier molecular flexibility index (Phi) is 4.97. The van der Waals surface area contributed by atoms with Crippen molar-refractivity contribution >= 4 is 45.4 Å². The fourth-order valence-electron chi connectivity index (χ4n) is 2.40. The summed E-state index contributed by atoms with van der Waals surface area (Å²) in [5.41, 5.74) is 1.85. The van der Waals surface area contributed by atoms with E-state index in [0.717, 1.165) is 10.0 Å². The summed E-state index contributed by atoms with van der Waals surface area (Å²) in [6, 6.07) is 10.7. The van der Waals surface area contributed by atoms with Gasteiger partial charge in [-0.1, -0.05) is 34.1 Å². The Balaban J connectivity index is 1.95. The second-order valence-corrected chi connectivity index (χ2v) is 7.07. The molecule has 1 aliphatic rings. The maximum absolute atomic E-state index is 12.6. The number of rotatable bonds is 3. The van der Waals surface area contributed by atoms with E-state index < -0.39 is 11.3 Å². The van der Waals surface area contributed by atoms with Crippen LogP contribution in [0.3, 0.4) is 0 Å². The molecular formula is C19H14BrClO4. The molecule has 0 radical (unpaired) electrons. The first kappa shape index (κ1) is 17.7. The number of carbonyl (C=O) groups is 2. The summed E-state index contributed by atoms with van der Waals surface area (Å²) in [5.74, 6) is 0.177. The molecule has 6 heteroatoms. The zero-order valence-corrected chi connectivity index (χ0v) is 15.8. The lowest BCUT2D eigenvalue weighted by Gasteiger charge is -2.10. The molecule has 2 aromatic carbocycles. The Morgan fingerprint density at radius 2 is 2.00 bits per heavy atom. The van der Waals surface area contributed by atoms with E-state index in [4.69, 9.17) is 21.1 Å². The fourth-order valence-corrected chi connectivity index (χ4v) is 2.85. The monoisotopic (exact) mass is 420 g/mol. The predicted molar refractivity (Wildman–Crippen MR) is 99.2 cm³/mol. The summed E-state index contributed by atoms with van der Waals surface area (Å²) in [6.45, 7) is 3.26. The minimum atomic E-state index is -0.763. The lowest BCUT2D eigenvalue weighted by molar-refractivity contribution is -0.133. The van der Waals surface area contributed by atoms with Gasteiger partial charge in [0, 0.05) is 10.0 Å². The number of ketones is 1. The highest BCUT2D eigenvalue weighted by molar-refractivity contribution is 9.10. The first-order chi connectivity index (χ1) is 11.9. The van der Waals surface area contributed by atoms with E-state index in [-0.39, 0.29) is 11.5 Å². The molecule has 0 saturated heterocycles. The van der Waals surface area contributed by atoms with E-state index in [1.54, 1.807) is 25.1 Å². The van der Waals surface area contributed by atoms with Crippen molar-refractivity contribution < 1.29 is 19.1 Å². The van der Waals surface area contributed by atoms with Gasteiger partial charge in [-0.2, -0.15) is 0 Å². The molecule has 0 fully saturated rings. The number of esters is 1. The van der Waals surface area contributed by atoms with Crippen LogP contribution in [0.1, 0.15) is 28.4 Å². The average Bonchev–Trinajstić information content (AvgIpc) is 2.89. The van der Waals surface area contributed by atoms with Gasteiger partial charge in [0.1, 0.15) is 16.9 Å². The van der Waals surface area contributed by atoms with Crippen LogP contribution in [-0.2, 0) is 4.79 Å². The SMILES string of the molecule is Cc1c(OC(=O)C(C)Cl)ccc2c1O/C(=C\c1ccccc1Br)C2=O. The summed E-state index contributed by atoms with van der Waals surface area (Å²) in [5, 5.41) is -0.763. The summed E-state index contributed by atoms with van der Waals surface area (Å²) in [4.78, 5) is 24.3. The quantitative estimate of drug-likeness (QED) is 0.306. The van der Waals surface area contributed by atoms with Gasteiger partial charge in [0.05, 0.1) is 5.56 Å². The van der Waals surface area contributed by atoms with Gasteiger partial charge in [-0.3, -0.25) is 9.59 Å². The first-order valence-electron chi connectivity index (χ1n) is 7.56. The molecule has 0 N–H and O–H groups in total. The van der Waals surface area contributed by atoms with Crippen LogP contribution in [0.2, 0.25) is 0 Å². The Hall–Kier alpha value is -2.11. The molecule has 1 unspecified atom stereocenters. The largest absolute Gasteiger partial charge is 0.452 e. The number of allylic oxidation sites excluding steroid dienone is 1. The molecule has 3 rings (SSSR count). The zero-order chi connectivity index (χ0) is 18.1. The molecule has 1 atom stereocenters. The van der Waals surface area contributed by atoms with Crippen LogP contribution in [0.4, 0.5) is 0 Å². The van der Waals surface area contributed by atoms with E-state index in [9.17, 15) is 9.59 Å². The number of alkyl halides is 1. The second-order valence-electron chi connectivity index (χ2n) is 5.56. The van der Waals surface area contributed by atoms with Gasteiger partial charge < -0.3 is 9.47 Å². The lowest BCUT2D eigenvalue weighted by atomic mass is 10.1. The third kappa shape index (κ3) is 3.48. The van der Waals surface area contributed by atoms with Gasteiger partial charge in [-0.15, -0.1) is 11.6 Å². The number of hydrogen-bond acceptors (Lipinski definition) is 4. The van der Waals surface area contributed by atoms with Crippen LogP contribution < -0.4 is 9.47 Å². The van der Waals surface area contributed by atoms with Gasteiger partial charge in [0.15, 0.2) is 5.76 Å².